The Morgan fingerprint density at radius 1 is 1.27 bits per heavy atom. The Morgan fingerprint density at radius 2 is 2.00 bits per heavy atom. The molecule has 1 amide bonds. The summed E-state index contributed by atoms with van der Waals surface area (Å²) in [5.74, 6) is -0.218. The van der Waals surface area contributed by atoms with Crippen LogP contribution in [0.1, 0.15) is 53.4 Å². The van der Waals surface area contributed by atoms with Crippen LogP contribution in [0, 0.1) is 5.92 Å². The second-order valence-corrected chi connectivity index (χ2v) is 7.97. The van der Waals surface area contributed by atoms with Gasteiger partial charge in [0.1, 0.15) is 0 Å². The van der Waals surface area contributed by atoms with Crippen molar-refractivity contribution in [3.8, 4) is 0 Å². The molecule has 0 saturated heterocycles. The number of carbonyl (C=O) groups is 1. The van der Waals surface area contributed by atoms with E-state index in [1.807, 2.05) is 48.6 Å². The predicted octanol–water partition coefficient (Wildman–Crippen LogP) is 3.83. The van der Waals surface area contributed by atoms with Gasteiger partial charge in [-0.15, -0.1) is 23.7 Å². The molecule has 3 N–H and O–H groups in total. The summed E-state index contributed by atoms with van der Waals surface area (Å²) in [6, 6.07) is 9.53. The highest BCUT2D eigenvalue weighted by atomic mass is 35.5. The predicted molar refractivity (Wildman–Crippen MR) is 110 cm³/mol. The minimum absolute atomic E-state index is 0. The van der Waals surface area contributed by atoms with Gasteiger partial charge in [0.05, 0.1) is 16.6 Å². The summed E-state index contributed by atoms with van der Waals surface area (Å²) in [6.07, 6.45) is 6.76. The third kappa shape index (κ3) is 5.29. The number of hydrogen-bond acceptors (Lipinski definition) is 4. The number of hydrogen-bond donors (Lipinski definition) is 2. The molecule has 3 rings (SSSR count). The van der Waals surface area contributed by atoms with Crippen molar-refractivity contribution < 1.29 is 4.79 Å². The van der Waals surface area contributed by atoms with Crippen LogP contribution >= 0.6 is 23.7 Å². The summed E-state index contributed by atoms with van der Waals surface area (Å²) >= 11 is 1.86. The number of aryl methyl sites for hydroxylation is 3. The Bertz CT molecular complexity index is 681. The van der Waals surface area contributed by atoms with Crippen LogP contribution in [0.3, 0.4) is 0 Å². The highest BCUT2D eigenvalue weighted by Gasteiger charge is 2.21. The van der Waals surface area contributed by atoms with Crippen LogP contribution in [-0.2, 0) is 24.1 Å². The quantitative estimate of drug-likeness (QED) is 0.702. The van der Waals surface area contributed by atoms with Crippen LogP contribution in [0.4, 0.5) is 0 Å². The number of halogens is 1. The molecule has 0 aliphatic heterocycles. The number of carbonyl (C=O) groups excluding carboxylic acids is 1. The average Bonchev–Trinajstić information content (AvgIpc) is 3.07. The van der Waals surface area contributed by atoms with Gasteiger partial charge in [-0.2, -0.15) is 0 Å². The first-order chi connectivity index (χ1) is 12.1. The second-order valence-electron chi connectivity index (χ2n) is 6.80. The first-order valence-corrected chi connectivity index (χ1v) is 10.0. The number of nitrogens with two attached hydrogens (primary N) is 1. The Morgan fingerprint density at radius 3 is 2.73 bits per heavy atom. The number of thiazole rings is 1. The molecule has 6 heteroatoms. The van der Waals surface area contributed by atoms with Crippen molar-refractivity contribution >= 4 is 29.7 Å². The van der Waals surface area contributed by atoms with Gasteiger partial charge in [0.25, 0.3) is 0 Å². The maximum atomic E-state index is 12.3. The van der Waals surface area contributed by atoms with Crippen LogP contribution in [0.5, 0.6) is 0 Å². The monoisotopic (exact) mass is 393 g/mol. The first kappa shape index (κ1) is 20.9. The smallest absolute Gasteiger partial charge is 0.224 e. The third-order valence-electron chi connectivity index (χ3n) is 4.89. The van der Waals surface area contributed by atoms with Gasteiger partial charge in [-0.1, -0.05) is 37.3 Å². The number of amides is 1. The molecule has 0 fully saturated rings. The van der Waals surface area contributed by atoms with Gasteiger partial charge in [0.2, 0.25) is 5.91 Å². The third-order valence-corrected chi connectivity index (χ3v) is 6.11. The molecule has 2 aromatic rings. The fraction of sp³-hybridized carbons (Fsp3) is 0.500. The lowest BCUT2D eigenvalue weighted by atomic mass is 9.94. The second kappa shape index (κ2) is 10.0. The molecule has 0 saturated carbocycles. The highest BCUT2D eigenvalue weighted by Crippen LogP contribution is 2.27. The summed E-state index contributed by atoms with van der Waals surface area (Å²) in [5.41, 5.74) is 8.54. The minimum atomic E-state index is -0.271. The molecule has 0 bridgehead atoms. The molecular formula is C20H28ClN3OS. The van der Waals surface area contributed by atoms with E-state index in [4.69, 9.17) is 10.7 Å². The fourth-order valence-corrected chi connectivity index (χ4v) is 4.45. The van der Waals surface area contributed by atoms with E-state index in [0.29, 0.717) is 6.54 Å². The van der Waals surface area contributed by atoms with Crippen LogP contribution < -0.4 is 11.1 Å². The Balaban J connectivity index is 0.00000243. The van der Waals surface area contributed by atoms with Gasteiger partial charge in [0.15, 0.2) is 0 Å². The zero-order valence-electron chi connectivity index (χ0n) is 15.2. The van der Waals surface area contributed by atoms with Gasteiger partial charge in [0, 0.05) is 23.9 Å². The Labute approximate surface area is 166 Å². The maximum Gasteiger partial charge on any atom is 0.224 e. The first-order valence-electron chi connectivity index (χ1n) is 9.21. The van der Waals surface area contributed by atoms with Crippen molar-refractivity contribution in [2.45, 2.75) is 51.5 Å². The van der Waals surface area contributed by atoms with E-state index in [0.717, 1.165) is 24.8 Å². The van der Waals surface area contributed by atoms with Crippen LogP contribution in [-0.4, -0.2) is 17.4 Å². The standard InChI is InChI=1S/C20H27N3OS.ClH/c1-14(19(21)15-8-3-2-4-9-15)20(24)22-13-7-12-18-23-16-10-5-6-11-17(16)25-18;/h2-4,8-9,14,19H,5-7,10-13,21H2,1H3,(H,22,24);1H. The average molecular weight is 394 g/mol. The summed E-state index contributed by atoms with van der Waals surface area (Å²) in [5, 5.41) is 4.24. The van der Waals surface area contributed by atoms with Crippen molar-refractivity contribution in [2.75, 3.05) is 6.54 Å². The van der Waals surface area contributed by atoms with E-state index in [-0.39, 0.29) is 30.3 Å². The zero-order chi connectivity index (χ0) is 17.6. The maximum absolute atomic E-state index is 12.3. The lowest BCUT2D eigenvalue weighted by Gasteiger charge is -2.19. The van der Waals surface area contributed by atoms with Gasteiger partial charge >= 0.3 is 0 Å². The molecule has 1 heterocycles. The van der Waals surface area contributed by atoms with Crippen LogP contribution in [0.25, 0.3) is 0 Å². The van der Waals surface area contributed by atoms with Crippen LogP contribution in [0.2, 0.25) is 0 Å². The number of fused-ring (bicyclic) bond motifs is 1. The van der Waals surface area contributed by atoms with Crippen molar-refractivity contribution in [1.29, 1.82) is 0 Å². The van der Waals surface area contributed by atoms with E-state index < -0.39 is 0 Å². The number of aromatic nitrogens is 1. The van der Waals surface area contributed by atoms with Crippen LogP contribution in [0.15, 0.2) is 30.3 Å². The molecule has 26 heavy (non-hydrogen) atoms. The largest absolute Gasteiger partial charge is 0.356 e. The Hall–Kier alpha value is -1.43. The summed E-state index contributed by atoms with van der Waals surface area (Å²) in [4.78, 5) is 18.6. The molecule has 1 aromatic heterocycles. The molecule has 2 atom stereocenters. The van der Waals surface area contributed by atoms with E-state index in [9.17, 15) is 4.79 Å². The number of nitrogens with one attached hydrogen (secondary N) is 1. The summed E-state index contributed by atoms with van der Waals surface area (Å²) < 4.78 is 0. The number of nitrogens with zero attached hydrogens (tertiary/aromatic N) is 1. The molecule has 1 aliphatic carbocycles. The molecule has 1 aromatic carbocycles. The summed E-state index contributed by atoms with van der Waals surface area (Å²) in [6.45, 7) is 2.57. The topological polar surface area (TPSA) is 68.0 Å². The minimum Gasteiger partial charge on any atom is -0.356 e. The SMILES string of the molecule is CC(C(=O)NCCCc1nc2c(s1)CCCC2)C(N)c1ccccc1.Cl. The van der Waals surface area contributed by atoms with E-state index in [1.54, 1.807) is 0 Å². The van der Waals surface area contributed by atoms with Gasteiger partial charge in [-0.05, 0) is 37.7 Å². The van der Waals surface area contributed by atoms with Crippen molar-refractivity contribution in [2.24, 2.45) is 11.7 Å². The molecule has 4 nitrogen and oxygen atoms in total. The number of rotatable bonds is 7. The van der Waals surface area contributed by atoms with Crippen molar-refractivity contribution in [3.05, 3.63) is 51.5 Å². The molecule has 0 spiro atoms. The van der Waals surface area contributed by atoms with Gasteiger partial charge < -0.3 is 11.1 Å². The summed E-state index contributed by atoms with van der Waals surface area (Å²) in [7, 11) is 0. The number of benzene rings is 1. The molecule has 2 unspecified atom stereocenters. The fourth-order valence-electron chi connectivity index (χ4n) is 3.25. The highest BCUT2D eigenvalue weighted by molar-refractivity contribution is 7.11. The Kier molecular flexibility index (Phi) is 8.07. The lowest BCUT2D eigenvalue weighted by Crippen LogP contribution is -2.36. The lowest BCUT2D eigenvalue weighted by molar-refractivity contribution is -0.125. The van der Waals surface area contributed by atoms with Gasteiger partial charge in [-0.3, -0.25) is 4.79 Å². The molecule has 0 radical (unpaired) electrons. The van der Waals surface area contributed by atoms with E-state index >= 15 is 0 Å². The molecule has 1 aliphatic rings. The van der Waals surface area contributed by atoms with Crippen molar-refractivity contribution in [3.63, 3.8) is 0 Å². The molecular weight excluding hydrogens is 366 g/mol. The van der Waals surface area contributed by atoms with Gasteiger partial charge in [-0.25, -0.2) is 4.98 Å². The zero-order valence-corrected chi connectivity index (χ0v) is 16.9. The van der Waals surface area contributed by atoms with E-state index in [1.165, 1.54) is 34.8 Å². The normalized spacial score (nSPS) is 15.5. The van der Waals surface area contributed by atoms with E-state index in [2.05, 4.69) is 5.32 Å². The molecule has 142 valence electrons. The van der Waals surface area contributed by atoms with Crippen molar-refractivity contribution in [1.82, 2.24) is 10.3 Å².